The van der Waals surface area contributed by atoms with Gasteiger partial charge in [0.1, 0.15) is 0 Å². The number of halogens is 35. The quantitative estimate of drug-likeness (QED) is 0.0864. The van der Waals surface area contributed by atoms with Gasteiger partial charge in [-0.25, -0.2) is 4.39 Å². The van der Waals surface area contributed by atoms with Gasteiger partial charge >= 0.3 is 101 Å². The third-order valence-electron chi connectivity index (χ3n) is 7.32. The highest BCUT2D eigenvalue weighted by Gasteiger charge is 3.02. The van der Waals surface area contributed by atoms with E-state index in [4.69, 9.17) is 5.11 Å². The van der Waals surface area contributed by atoms with Crippen molar-refractivity contribution in [2.75, 3.05) is 6.61 Å². The van der Waals surface area contributed by atoms with Gasteiger partial charge in [0, 0.05) is 6.42 Å². The van der Waals surface area contributed by atoms with Crippen LogP contribution in [0.3, 0.4) is 0 Å². The first-order valence-corrected chi connectivity index (χ1v) is 14.5. The summed E-state index contributed by atoms with van der Waals surface area (Å²) < 4.78 is 490. The molecule has 43 heteroatoms. The molecule has 0 aliphatic carbocycles. The van der Waals surface area contributed by atoms with Crippen LogP contribution in [0.15, 0.2) is 0 Å². The summed E-state index contributed by atoms with van der Waals surface area (Å²) in [5.74, 6) is -138. The molecule has 0 fully saturated rings. The highest BCUT2D eigenvalue weighted by atomic mass is 31.2. The standard InChI is InChI=1S/C20H8F35O5P.2H3N/c21-4(22,1-3(56)2-60-61(57,58)59)6(24,25)8(28,29)10(32,33)12(36,37)14(40,41)16(44,45)18(48,49)17(46,47)15(42,43)13(38,39)11(34,35)9(30,31)7(26,27)5(23,19(50,51)52)20(53,54)55;;/h3,56H,1-2H2,(H2,57,58,59);2*1H3. The SMILES string of the molecule is O=P([O-])([O-])OCC(O)CC(F)(F)C(F)(F)C(F)(F)C(F)(F)C(F)(F)C(F)(F)C(F)(F)C(F)(F)C(F)(F)C(F)(F)C(F)(F)C(F)(F)C(F)(F)C(F)(F)C(F)(C(F)(F)F)C(F)(F)F.[NH4+].[NH4+]. The minimum Gasteiger partial charge on any atom is -0.790 e. The molecule has 63 heavy (non-hydrogen) atoms. The Kier molecular flexibility index (Phi) is 16.9. The molecule has 0 radical (unpaired) electrons. The molecule has 0 aromatic carbocycles. The first-order chi connectivity index (χ1) is 25.6. The minimum absolute atomic E-state index is 0. The third-order valence-corrected chi connectivity index (χ3v) is 7.79. The van der Waals surface area contributed by atoms with Gasteiger partial charge in [-0.1, -0.05) is 0 Å². The van der Waals surface area contributed by atoms with Crippen LogP contribution in [0, 0.1) is 0 Å². The van der Waals surface area contributed by atoms with E-state index in [1.807, 2.05) is 0 Å². The zero-order valence-corrected chi connectivity index (χ0v) is 29.1. The van der Waals surface area contributed by atoms with Crippen molar-refractivity contribution in [3.63, 3.8) is 0 Å². The number of hydrogen-bond acceptors (Lipinski definition) is 5. The van der Waals surface area contributed by atoms with Crippen LogP contribution in [-0.4, -0.2) is 119 Å². The average molecular weight is 1060 g/mol. The lowest BCUT2D eigenvalue weighted by molar-refractivity contribution is -0.493. The Balaban J connectivity index is -0.0000180. The summed E-state index contributed by atoms with van der Waals surface area (Å²) in [6.45, 7) is -2.64. The van der Waals surface area contributed by atoms with Crippen molar-refractivity contribution in [1.82, 2.24) is 12.3 Å². The normalized spacial score (nSPS) is 17.0. The van der Waals surface area contributed by atoms with Gasteiger partial charge in [-0.15, -0.1) is 0 Å². The number of aliphatic hydroxyl groups is 1. The maximum Gasteiger partial charge on any atom is 0.438 e. The molecule has 0 saturated carbocycles. The number of phosphoric acid groups is 1. The van der Waals surface area contributed by atoms with Crippen LogP contribution in [-0.2, 0) is 9.09 Å². The van der Waals surface area contributed by atoms with E-state index in [2.05, 4.69) is 4.52 Å². The van der Waals surface area contributed by atoms with Crippen LogP contribution >= 0.6 is 7.82 Å². The summed E-state index contributed by atoms with van der Waals surface area (Å²) >= 11 is 0. The fourth-order valence-corrected chi connectivity index (χ4v) is 4.15. The molecule has 0 amide bonds. The largest absolute Gasteiger partial charge is 0.790 e. The van der Waals surface area contributed by atoms with Gasteiger partial charge in [-0.3, -0.25) is 0 Å². The predicted octanol–water partition coefficient (Wildman–Crippen LogP) is 10.1. The highest BCUT2D eigenvalue weighted by Crippen LogP contribution is 2.70. The van der Waals surface area contributed by atoms with Gasteiger partial charge in [0.05, 0.1) is 20.5 Å². The Hall–Kier alpha value is -2.46. The summed E-state index contributed by atoms with van der Waals surface area (Å²) in [7, 11) is -6.53. The van der Waals surface area contributed by atoms with E-state index in [0.29, 0.717) is 0 Å². The van der Waals surface area contributed by atoms with Crippen LogP contribution in [0.25, 0.3) is 0 Å². The van der Waals surface area contributed by atoms with E-state index < -0.39 is 128 Å². The van der Waals surface area contributed by atoms with Crippen LogP contribution in [0.1, 0.15) is 6.42 Å². The zero-order valence-electron chi connectivity index (χ0n) is 28.2. The number of aliphatic hydroxyl groups excluding tert-OH is 1. The van der Waals surface area contributed by atoms with Crippen LogP contribution in [0.5, 0.6) is 0 Å². The van der Waals surface area contributed by atoms with Crippen molar-refractivity contribution >= 4 is 7.82 Å². The molecule has 0 bridgehead atoms. The molecule has 0 saturated heterocycles. The lowest BCUT2D eigenvalue weighted by Gasteiger charge is -2.47. The Morgan fingerprint density at radius 1 is 0.365 bits per heavy atom. The fourth-order valence-electron chi connectivity index (χ4n) is 3.79. The lowest BCUT2D eigenvalue weighted by atomic mass is 9.81. The van der Waals surface area contributed by atoms with Gasteiger partial charge in [0.2, 0.25) is 0 Å². The average Bonchev–Trinajstić information content (AvgIpc) is 3.00. The van der Waals surface area contributed by atoms with Crippen molar-refractivity contribution in [1.29, 1.82) is 0 Å². The predicted molar refractivity (Wildman–Crippen MR) is 121 cm³/mol. The molecular formula is C20H14F35N2O5P. The van der Waals surface area contributed by atoms with Crippen molar-refractivity contribution in [3.05, 3.63) is 0 Å². The maximum atomic E-state index is 14.0. The van der Waals surface area contributed by atoms with E-state index in [1.165, 1.54) is 0 Å². The van der Waals surface area contributed by atoms with E-state index in [1.54, 1.807) is 0 Å². The first kappa shape index (κ1) is 64.8. The molecule has 0 aromatic heterocycles. The molecule has 0 aromatic rings. The molecule has 1 unspecified atom stereocenters. The third kappa shape index (κ3) is 8.47. The van der Waals surface area contributed by atoms with Crippen molar-refractivity contribution in [2.24, 2.45) is 0 Å². The van der Waals surface area contributed by atoms with Gasteiger partial charge < -0.3 is 36.3 Å². The summed E-state index contributed by atoms with van der Waals surface area (Å²) in [5.41, 5.74) is -9.51. The van der Waals surface area contributed by atoms with Crippen LogP contribution in [0.2, 0.25) is 0 Å². The second-order valence-corrected chi connectivity index (χ2v) is 12.6. The fraction of sp³-hybridized carbons (Fsp3) is 1.00. The smallest absolute Gasteiger partial charge is 0.438 e. The Labute approximate surface area is 319 Å². The summed E-state index contributed by atoms with van der Waals surface area (Å²) in [6.07, 6.45) is -25.7. The Morgan fingerprint density at radius 2 is 0.540 bits per heavy atom. The van der Waals surface area contributed by atoms with E-state index >= 15 is 0 Å². The minimum atomic E-state index is -10.4. The van der Waals surface area contributed by atoms with Crippen molar-refractivity contribution < 1.29 is 178 Å². The van der Waals surface area contributed by atoms with Crippen molar-refractivity contribution in [3.8, 4) is 0 Å². The Morgan fingerprint density at radius 3 is 0.714 bits per heavy atom. The Bertz CT molecular complexity index is 1620. The molecule has 0 heterocycles. The lowest BCUT2D eigenvalue weighted by Crippen LogP contribution is -2.80. The molecular weight excluding hydrogens is 1040 g/mol. The number of phosphoric ester groups is 1. The highest BCUT2D eigenvalue weighted by molar-refractivity contribution is 7.43. The number of rotatable bonds is 19. The summed E-state index contributed by atoms with van der Waals surface area (Å²) in [6, 6.07) is 0. The maximum absolute atomic E-state index is 14.0. The molecule has 1 atom stereocenters. The number of hydrogen-bond donors (Lipinski definition) is 3. The molecule has 9 N–H and O–H groups in total. The molecule has 0 aliphatic rings. The topological polar surface area (TPSA) is 166 Å². The molecule has 0 aliphatic heterocycles. The molecule has 0 spiro atoms. The molecule has 0 rings (SSSR count). The van der Waals surface area contributed by atoms with Gasteiger partial charge in [-0.2, -0.15) is 149 Å². The monoisotopic (exact) mass is 1060 g/mol. The van der Waals surface area contributed by atoms with E-state index in [0.717, 1.165) is 0 Å². The number of quaternary nitrogens is 2. The zero-order chi connectivity index (χ0) is 50.7. The van der Waals surface area contributed by atoms with Gasteiger partial charge in [0.25, 0.3) is 0 Å². The van der Waals surface area contributed by atoms with Crippen LogP contribution in [0.4, 0.5) is 154 Å². The number of alkyl halides is 35. The molecule has 7 nitrogen and oxygen atoms in total. The summed E-state index contributed by atoms with van der Waals surface area (Å²) in [5, 5.41) is 8.86. The van der Waals surface area contributed by atoms with Gasteiger partial charge in [0.15, 0.2) is 0 Å². The second kappa shape index (κ2) is 16.4. The van der Waals surface area contributed by atoms with Crippen molar-refractivity contribution in [2.45, 2.75) is 113 Å². The molecule has 384 valence electrons. The van der Waals surface area contributed by atoms with E-state index in [-0.39, 0.29) is 12.3 Å². The van der Waals surface area contributed by atoms with Crippen LogP contribution < -0.4 is 22.1 Å². The first-order valence-electron chi connectivity index (χ1n) is 13.1. The van der Waals surface area contributed by atoms with E-state index in [9.17, 15) is 168 Å². The second-order valence-electron chi connectivity index (χ2n) is 11.4. The van der Waals surface area contributed by atoms with Gasteiger partial charge in [-0.05, 0) is 0 Å². The summed E-state index contributed by atoms with van der Waals surface area (Å²) in [4.78, 5) is 20.3.